The minimum atomic E-state index is -0.632. The maximum Gasteiger partial charge on any atom is 0.468 e. The van der Waals surface area contributed by atoms with Crippen LogP contribution in [0.4, 0.5) is 11.4 Å². The van der Waals surface area contributed by atoms with Crippen LogP contribution in [0.1, 0.15) is 59.1 Å². The Balaban J connectivity index is 0.000000150. The van der Waals surface area contributed by atoms with Crippen molar-refractivity contribution in [3.05, 3.63) is 228 Å². The second-order valence-corrected chi connectivity index (χ2v) is 16.6. The van der Waals surface area contributed by atoms with E-state index < -0.39 is 12.8 Å². The summed E-state index contributed by atoms with van der Waals surface area (Å²) < 4.78 is 30.3. The average molecular weight is 865 g/mol. The molecule has 2 unspecified atom stereocenters. The third-order valence-corrected chi connectivity index (χ3v) is 12.2. The van der Waals surface area contributed by atoms with Gasteiger partial charge >= 0.3 is 12.8 Å². The topological polar surface area (TPSA) is 67.7 Å². The number of aliphatic imine (C=N–C) groups is 2. The lowest BCUT2D eigenvalue weighted by atomic mass is 9.99. The molecule has 0 N–H and O–H groups in total. The summed E-state index contributed by atoms with van der Waals surface area (Å²) in [6.45, 7) is 1.65. The van der Waals surface area contributed by atoms with E-state index in [2.05, 4.69) is 114 Å². The van der Waals surface area contributed by atoms with Gasteiger partial charge in [0.25, 0.3) is 0 Å². The Kier molecular flexibility index (Phi) is 11.4. The highest BCUT2D eigenvalue weighted by atomic mass is 16.7. The number of hydrogen-bond acceptors (Lipinski definition) is 6. The molecule has 0 amide bonds. The molecular formula is C58H48N4O4+2. The third-order valence-electron chi connectivity index (χ3n) is 12.2. The van der Waals surface area contributed by atoms with E-state index in [4.69, 9.17) is 28.9 Å². The quantitative estimate of drug-likeness (QED) is 0.162. The Morgan fingerprint density at radius 3 is 1.74 bits per heavy atom. The molecule has 8 aromatic rings. The van der Waals surface area contributed by atoms with Crippen molar-refractivity contribution in [1.29, 1.82) is 0 Å². The van der Waals surface area contributed by atoms with Crippen molar-refractivity contribution >= 4 is 46.0 Å². The van der Waals surface area contributed by atoms with Crippen LogP contribution in [0.25, 0.3) is 10.8 Å². The van der Waals surface area contributed by atoms with Gasteiger partial charge in [-0.15, -0.1) is 4.58 Å². The van der Waals surface area contributed by atoms with Crippen molar-refractivity contribution in [2.75, 3.05) is 13.1 Å². The molecule has 0 aliphatic carbocycles. The van der Waals surface area contributed by atoms with Crippen LogP contribution in [0.3, 0.4) is 0 Å². The molecule has 4 aliphatic rings. The van der Waals surface area contributed by atoms with Crippen molar-refractivity contribution in [3.8, 4) is 23.0 Å². The Morgan fingerprint density at radius 1 is 0.455 bits per heavy atom. The second kappa shape index (κ2) is 18.6. The predicted molar refractivity (Wildman–Crippen MR) is 262 cm³/mol. The number of para-hydroxylation sites is 4. The number of rotatable bonds is 2. The summed E-state index contributed by atoms with van der Waals surface area (Å²) in [4.78, 5) is 9.90. The molecule has 12 rings (SSSR count). The highest BCUT2D eigenvalue weighted by molar-refractivity contribution is 6.14. The van der Waals surface area contributed by atoms with Gasteiger partial charge in [-0.3, -0.25) is 4.99 Å². The summed E-state index contributed by atoms with van der Waals surface area (Å²) in [7, 11) is 0. The molecular weight excluding hydrogens is 817 g/mol. The number of hydrogen-bond donors (Lipinski definition) is 0. The SMILES string of the molecule is C1=Nc2cc3ccccc3cc2[N+]2=Cc3ccccc3OC2Oc2ccccc21.c1ccc(C2=NCCCCCC[N+]3=C(c4ccccc4)c4ccccc4OC3Oc3ccccc32)cc1. The van der Waals surface area contributed by atoms with E-state index in [1.165, 1.54) is 0 Å². The maximum absolute atomic E-state index is 6.78. The molecule has 66 heavy (non-hydrogen) atoms. The van der Waals surface area contributed by atoms with Crippen LogP contribution in [-0.4, -0.2) is 58.9 Å². The fourth-order valence-electron chi connectivity index (χ4n) is 8.96. The summed E-state index contributed by atoms with van der Waals surface area (Å²) >= 11 is 0. The molecule has 8 aromatic carbocycles. The zero-order chi connectivity index (χ0) is 44.1. The minimum Gasteiger partial charge on any atom is -0.401 e. The van der Waals surface area contributed by atoms with Crippen molar-refractivity contribution in [3.63, 3.8) is 0 Å². The van der Waals surface area contributed by atoms with Gasteiger partial charge in [0.1, 0.15) is 28.7 Å². The number of nitrogens with zero attached hydrogens (tertiary/aromatic N) is 4. The Labute approximate surface area is 384 Å². The van der Waals surface area contributed by atoms with Gasteiger partial charge in [0, 0.05) is 47.5 Å². The highest BCUT2D eigenvalue weighted by Gasteiger charge is 2.39. The summed E-state index contributed by atoms with van der Waals surface area (Å²) in [5.41, 5.74) is 10.2. The Bertz CT molecular complexity index is 3180. The standard InChI is InChI=1S/C33H31N2O2.C25H17N2O2/c1-2-14-24-35-32(26-17-7-4-8-18-26)28-20-10-12-22-30(28)37-33(35)36-29-21-11-9-19-27(29)31(34-23-13-1)25-15-5-3-6-16-25;1-2-8-18-14-22-21(13-17(18)7-1)26-15-19-9-3-5-11-23(19)28-25-27(22)16-20-10-4-6-12-24(20)29-25/h3-12,15-22,33H,1-2,13-14,23-24H2;1-16,25H/q2*+1. The Morgan fingerprint density at radius 2 is 1.00 bits per heavy atom. The van der Waals surface area contributed by atoms with Gasteiger partial charge in [0.05, 0.1) is 16.8 Å². The van der Waals surface area contributed by atoms with E-state index in [9.17, 15) is 0 Å². The molecule has 0 fully saturated rings. The van der Waals surface area contributed by atoms with Crippen LogP contribution in [0.2, 0.25) is 0 Å². The zero-order valence-corrected chi connectivity index (χ0v) is 36.4. The van der Waals surface area contributed by atoms with Gasteiger partial charge in [0.15, 0.2) is 12.8 Å². The van der Waals surface area contributed by atoms with Crippen molar-refractivity contribution < 1.29 is 28.1 Å². The van der Waals surface area contributed by atoms with Crippen LogP contribution in [0.5, 0.6) is 23.0 Å². The maximum atomic E-state index is 6.78. The lowest BCUT2D eigenvalue weighted by Gasteiger charge is -2.27. The monoisotopic (exact) mass is 864 g/mol. The number of benzene rings is 8. The molecule has 2 atom stereocenters. The van der Waals surface area contributed by atoms with Gasteiger partial charge in [-0.05, 0) is 90.3 Å². The summed E-state index contributed by atoms with van der Waals surface area (Å²) in [6.07, 6.45) is 7.10. The summed E-state index contributed by atoms with van der Waals surface area (Å²) in [5.74, 6) is 3.14. The first kappa shape index (κ1) is 40.7. The van der Waals surface area contributed by atoms with E-state index >= 15 is 0 Å². The van der Waals surface area contributed by atoms with E-state index in [1.807, 2.05) is 102 Å². The predicted octanol–water partition coefficient (Wildman–Crippen LogP) is 12.1. The van der Waals surface area contributed by atoms with E-state index in [0.29, 0.717) is 0 Å². The highest BCUT2D eigenvalue weighted by Crippen LogP contribution is 2.38. The molecule has 0 saturated heterocycles. The molecule has 4 aliphatic heterocycles. The molecule has 0 spiro atoms. The fraction of sp³-hybridized carbons (Fsp3) is 0.138. The molecule has 0 bridgehead atoms. The fourth-order valence-corrected chi connectivity index (χ4v) is 8.96. The van der Waals surface area contributed by atoms with E-state index in [-0.39, 0.29) is 0 Å². The first-order valence-electron chi connectivity index (χ1n) is 22.8. The van der Waals surface area contributed by atoms with Gasteiger partial charge < -0.3 is 18.9 Å². The second-order valence-electron chi connectivity index (χ2n) is 16.6. The summed E-state index contributed by atoms with van der Waals surface area (Å²) in [6, 6.07) is 65.8. The molecule has 8 nitrogen and oxygen atoms in total. The molecule has 0 aromatic heterocycles. The molecule has 4 heterocycles. The van der Waals surface area contributed by atoms with Crippen LogP contribution in [0, 0.1) is 0 Å². The molecule has 0 radical (unpaired) electrons. The van der Waals surface area contributed by atoms with Gasteiger partial charge in [-0.2, -0.15) is 4.58 Å². The van der Waals surface area contributed by atoms with Crippen LogP contribution >= 0.6 is 0 Å². The van der Waals surface area contributed by atoms with Gasteiger partial charge in [-0.1, -0.05) is 128 Å². The van der Waals surface area contributed by atoms with Crippen molar-refractivity contribution in [2.45, 2.75) is 38.5 Å². The third kappa shape index (κ3) is 8.37. The van der Waals surface area contributed by atoms with Crippen molar-refractivity contribution in [1.82, 2.24) is 0 Å². The minimum absolute atomic E-state index is 0.593. The van der Waals surface area contributed by atoms with Gasteiger partial charge in [0.2, 0.25) is 11.4 Å². The zero-order valence-electron chi connectivity index (χ0n) is 36.4. The Hall–Kier alpha value is -8.10. The number of fused-ring (bicyclic) bond motifs is 9. The lowest BCUT2D eigenvalue weighted by Crippen LogP contribution is -2.45. The van der Waals surface area contributed by atoms with Gasteiger partial charge in [-0.25, -0.2) is 4.99 Å². The van der Waals surface area contributed by atoms with Crippen LogP contribution in [-0.2, 0) is 0 Å². The van der Waals surface area contributed by atoms with E-state index in [0.717, 1.165) is 129 Å². The van der Waals surface area contributed by atoms with Crippen LogP contribution in [0.15, 0.2) is 204 Å². The normalized spacial score (nSPS) is 17.3. The van der Waals surface area contributed by atoms with E-state index in [1.54, 1.807) is 0 Å². The summed E-state index contributed by atoms with van der Waals surface area (Å²) in [5, 5.41) is 2.29. The first-order valence-corrected chi connectivity index (χ1v) is 22.8. The van der Waals surface area contributed by atoms with Crippen molar-refractivity contribution in [2.24, 2.45) is 9.98 Å². The molecule has 8 heteroatoms. The molecule has 322 valence electrons. The van der Waals surface area contributed by atoms with Crippen LogP contribution < -0.4 is 18.9 Å². The average Bonchev–Trinajstić information content (AvgIpc) is 3.44. The smallest absolute Gasteiger partial charge is 0.401 e. The lowest BCUT2D eigenvalue weighted by molar-refractivity contribution is -0.643. The number of ether oxygens (including phenoxy) is 4. The molecule has 0 saturated carbocycles. The largest absolute Gasteiger partial charge is 0.468 e. The first-order chi connectivity index (χ1) is 32.7.